The van der Waals surface area contributed by atoms with Crippen molar-refractivity contribution in [3.05, 3.63) is 83.7 Å². The van der Waals surface area contributed by atoms with Crippen molar-refractivity contribution in [2.24, 2.45) is 5.92 Å². The van der Waals surface area contributed by atoms with E-state index in [1.54, 1.807) is 52.1 Å². The second-order valence-corrected chi connectivity index (χ2v) is 8.42. The van der Waals surface area contributed by atoms with Crippen LogP contribution in [0.4, 0.5) is 17.1 Å². The van der Waals surface area contributed by atoms with Crippen LogP contribution in [0.1, 0.15) is 26.3 Å². The Hall–Kier alpha value is -4.84. The summed E-state index contributed by atoms with van der Waals surface area (Å²) in [5.74, 6) is -0.680. The highest BCUT2D eigenvalue weighted by Crippen LogP contribution is 2.29. The molecule has 1 fully saturated rings. The first-order valence-corrected chi connectivity index (χ1v) is 11.1. The molecule has 0 atom stereocenters. The van der Waals surface area contributed by atoms with E-state index in [4.69, 9.17) is 5.26 Å². The minimum Gasteiger partial charge on any atom is -0.507 e. The molecule has 174 valence electrons. The first-order chi connectivity index (χ1) is 16.9. The number of para-hydroxylation sites is 1. The van der Waals surface area contributed by atoms with Crippen LogP contribution in [-0.4, -0.2) is 44.5 Å². The molecule has 9 nitrogen and oxygen atoms in total. The van der Waals surface area contributed by atoms with Gasteiger partial charge in [-0.25, -0.2) is 4.52 Å². The predicted molar refractivity (Wildman–Crippen MR) is 131 cm³/mol. The van der Waals surface area contributed by atoms with Gasteiger partial charge in [-0.3, -0.25) is 9.59 Å². The number of nitrogens with zero attached hydrogens (tertiary/aromatic N) is 4. The molecule has 0 bridgehead atoms. The summed E-state index contributed by atoms with van der Waals surface area (Å²) in [6, 6.07) is 17.5. The number of amides is 2. The topological polar surface area (TPSA) is 123 Å². The van der Waals surface area contributed by atoms with Crippen LogP contribution in [0.25, 0.3) is 5.52 Å². The number of carbonyl (C=O) groups excluding carboxylic acids is 2. The van der Waals surface area contributed by atoms with Gasteiger partial charge in [0.15, 0.2) is 0 Å². The van der Waals surface area contributed by atoms with E-state index in [9.17, 15) is 14.7 Å². The first-order valence-electron chi connectivity index (χ1n) is 11.1. The highest BCUT2D eigenvalue weighted by atomic mass is 16.3. The van der Waals surface area contributed by atoms with Gasteiger partial charge in [0.25, 0.3) is 11.8 Å². The number of hydrogen-bond donors (Lipinski definition) is 3. The van der Waals surface area contributed by atoms with Crippen LogP contribution >= 0.6 is 0 Å². The van der Waals surface area contributed by atoms with Crippen molar-refractivity contribution in [1.29, 1.82) is 5.26 Å². The second kappa shape index (κ2) is 8.83. The fourth-order valence-corrected chi connectivity index (χ4v) is 4.13. The van der Waals surface area contributed by atoms with Crippen molar-refractivity contribution in [1.82, 2.24) is 14.5 Å². The zero-order valence-electron chi connectivity index (χ0n) is 18.9. The van der Waals surface area contributed by atoms with Crippen molar-refractivity contribution in [3.8, 4) is 11.8 Å². The molecule has 1 saturated heterocycles. The van der Waals surface area contributed by atoms with E-state index >= 15 is 0 Å². The van der Waals surface area contributed by atoms with E-state index in [1.165, 1.54) is 6.07 Å². The molecule has 35 heavy (non-hydrogen) atoms. The van der Waals surface area contributed by atoms with Crippen molar-refractivity contribution in [2.45, 2.75) is 6.92 Å². The predicted octanol–water partition coefficient (Wildman–Crippen LogP) is 3.94. The SMILES string of the molecule is Cc1c(C(=O)N2CC(C#N)C2)cn2nccc(Nc3ccc(NC(=O)c4ccccc4O)cc3)c12. The van der Waals surface area contributed by atoms with Crippen molar-refractivity contribution >= 4 is 34.4 Å². The number of phenolic OH excluding ortho intramolecular Hbond substituents is 1. The molecule has 1 aliphatic rings. The minimum absolute atomic E-state index is 0.0793. The van der Waals surface area contributed by atoms with Crippen LogP contribution in [0, 0.1) is 24.2 Å². The number of aromatic nitrogens is 2. The molecule has 2 aromatic heterocycles. The summed E-state index contributed by atoms with van der Waals surface area (Å²) >= 11 is 0. The molecule has 5 rings (SSSR count). The Morgan fingerprint density at radius 2 is 1.77 bits per heavy atom. The molecule has 0 radical (unpaired) electrons. The van der Waals surface area contributed by atoms with Crippen LogP contribution in [-0.2, 0) is 0 Å². The zero-order valence-corrected chi connectivity index (χ0v) is 18.9. The number of aromatic hydroxyl groups is 1. The number of carbonyl (C=O) groups is 2. The largest absolute Gasteiger partial charge is 0.507 e. The Morgan fingerprint density at radius 3 is 2.49 bits per heavy atom. The second-order valence-electron chi connectivity index (χ2n) is 8.42. The Bertz CT molecular complexity index is 1480. The van der Waals surface area contributed by atoms with Gasteiger partial charge in [0.2, 0.25) is 0 Å². The summed E-state index contributed by atoms with van der Waals surface area (Å²) in [6.45, 7) is 2.78. The molecule has 4 aromatic rings. The van der Waals surface area contributed by atoms with Crippen molar-refractivity contribution in [2.75, 3.05) is 23.7 Å². The minimum atomic E-state index is -0.399. The smallest absolute Gasteiger partial charge is 0.259 e. The van der Waals surface area contributed by atoms with Crippen LogP contribution in [0.3, 0.4) is 0 Å². The van der Waals surface area contributed by atoms with Crippen LogP contribution in [0.2, 0.25) is 0 Å². The standard InChI is InChI=1S/C26H22N6O3/c1-16-21(26(35)31-13-17(12-27)14-31)15-32-24(16)22(10-11-28-32)29-18-6-8-19(9-7-18)30-25(34)20-4-2-3-5-23(20)33/h2-11,15,17,29,33H,13-14H2,1H3,(H,30,34). The molecule has 9 heteroatoms. The molecule has 3 heterocycles. The Labute approximate surface area is 201 Å². The molecular formula is C26H22N6O3. The lowest BCUT2D eigenvalue weighted by atomic mass is 10.0. The number of fused-ring (bicyclic) bond motifs is 1. The molecule has 2 amide bonds. The molecule has 0 saturated carbocycles. The van der Waals surface area contributed by atoms with Gasteiger partial charge in [-0.1, -0.05) is 12.1 Å². The lowest BCUT2D eigenvalue weighted by Crippen LogP contribution is -2.49. The van der Waals surface area contributed by atoms with Gasteiger partial charge >= 0.3 is 0 Å². The van der Waals surface area contributed by atoms with Gasteiger partial charge < -0.3 is 20.6 Å². The van der Waals surface area contributed by atoms with Gasteiger partial charge in [-0.15, -0.1) is 0 Å². The third-order valence-electron chi connectivity index (χ3n) is 6.08. The highest BCUT2D eigenvalue weighted by molar-refractivity contribution is 6.06. The van der Waals surface area contributed by atoms with Gasteiger partial charge in [-0.2, -0.15) is 10.4 Å². The summed E-state index contributed by atoms with van der Waals surface area (Å²) in [6.07, 6.45) is 3.37. The highest BCUT2D eigenvalue weighted by Gasteiger charge is 2.32. The lowest BCUT2D eigenvalue weighted by molar-refractivity contribution is 0.0576. The number of rotatable bonds is 5. The third kappa shape index (κ3) is 4.13. The van der Waals surface area contributed by atoms with Crippen LogP contribution in [0.15, 0.2) is 67.0 Å². The van der Waals surface area contributed by atoms with E-state index in [1.807, 2.05) is 25.1 Å². The molecular weight excluding hydrogens is 444 g/mol. The number of aryl methyl sites for hydroxylation is 1. The third-order valence-corrected chi connectivity index (χ3v) is 6.08. The van der Waals surface area contributed by atoms with E-state index < -0.39 is 5.91 Å². The molecule has 3 N–H and O–H groups in total. The zero-order chi connectivity index (χ0) is 24.5. The van der Waals surface area contributed by atoms with E-state index in [-0.39, 0.29) is 23.1 Å². The Kier molecular flexibility index (Phi) is 5.55. The number of likely N-dealkylation sites (tertiary alicyclic amines) is 1. The summed E-state index contributed by atoms with van der Waals surface area (Å²) in [5, 5.41) is 29.3. The maximum absolute atomic E-state index is 12.9. The fourth-order valence-electron chi connectivity index (χ4n) is 4.13. The maximum Gasteiger partial charge on any atom is 0.259 e. The van der Waals surface area contributed by atoms with E-state index in [0.717, 1.165) is 22.5 Å². The summed E-state index contributed by atoms with van der Waals surface area (Å²) < 4.78 is 1.67. The number of benzene rings is 2. The number of nitriles is 1. The van der Waals surface area contributed by atoms with E-state index in [0.29, 0.717) is 24.3 Å². The molecule has 1 aliphatic heterocycles. The summed E-state index contributed by atoms with van der Waals surface area (Å²) in [4.78, 5) is 27.0. The first kappa shape index (κ1) is 22.0. The molecule has 0 spiro atoms. The number of anilines is 3. The van der Waals surface area contributed by atoms with Crippen molar-refractivity contribution < 1.29 is 14.7 Å². The van der Waals surface area contributed by atoms with Gasteiger partial charge in [0, 0.05) is 36.9 Å². The van der Waals surface area contributed by atoms with Gasteiger partial charge in [0.05, 0.1) is 34.3 Å². The Morgan fingerprint density at radius 1 is 1.06 bits per heavy atom. The number of nitrogens with one attached hydrogen (secondary N) is 2. The van der Waals surface area contributed by atoms with Crippen molar-refractivity contribution in [3.63, 3.8) is 0 Å². The number of hydrogen-bond acceptors (Lipinski definition) is 6. The molecule has 0 unspecified atom stereocenters. The average Bonchev–Trinajstić information content (AvgIpc) is 3.17. The van der Waals surface area contributed by atoms with Gasteiger partial charge in [-0.05, 0) is 55.0 Å². The maximum atomic E-state index is 12.9. The quantitative estimate of drug-likeness (QED) is 0.409. The van der Waals surface area contributed by atoms with Crippen LogP contribution < -0.4 is 10.6 Å². The molecule has 2 aromatic carbocycles. The number of phenols is 1. The molecule has 0 aliphatic carbocycles. The average molecular weight is 467 g/mol. The summed E-state index contributed by atoms with van der Waals surface area (Å²) in [7, 11) is 0. The van der Waals surface area contributed by atoms with E-state index in [2.05, 4.69) is 21.8 Å². The monoisotopic (exact) mass is 466 g/mol. The normalized spacial score (nSPS) is 13.2. The lowest BCUT2D eigenvalue weighted by Gasteiger charge is -2.35. The Balaban J connectivity index is 1.34. The van der Waals surface area contributed by atoms with Gasteiger partial charge in [0.1, 0.15) is 5.75 Å². The van der Waals surface area contributed by atoms with Crippen LogP contribution in [0.5, 0.6) is 5.75 Å². The summed E-state index contributed by atoms with van der Waals surface area (Å²) in [5.41, 5.74) is 4.49. The fraction of sp³-hybridized carbons (Fsp3) is 0.154.